The first kappa shape index (κ1) is 16.1. The highest BCUT2D eigenvalue weighted by atomic mass is 79.9. The maximum absolute atomic E-state index is 13.4. The van der Waals surface area contributed by atoms with E-state index in [9.17, 15) is 13.6 Å². The molecule has 0 atom stereocenters. The predicted molar refractivity (Wildman–Crippen MR) is 81.7 cm³/mol. The topological polar surface area (TPSA) is 50.7 Å². The van der Waals surface area contributed by atoms with Crippen LogP contribution in [-0.4, -0.2) is 18.7 Å². The molecule has 4 nitrogen and oxygen atoms in total. The molecule has 0 unspecified atom stereocenters. The summed E-state index contributed by atoms with van der Waals surface area (Å²) in [7, 11) is 0. The molecule has 0 saturated heterocycles. The van der Waals surface area contributed by atoms with E-state index in [0.717, 1.165) is 0 Å². The fraction of sp³-hybridized carbons (Fsp3) is 0.0667. The molecule has 7 heteroatoms. The van der Waals surface area contributed by atoms with Crippen LogP contribution in [0.1, 0.15) is 5.56 Å². The van der Waals surface area contributed by atoms with Crippen LogP contribution < -0.4 is 10.2 Å². The number of nitrogens with zero attached hydrogens (tertiary/aromatic N) is 1. The number of nitrogens with one attached hydrogen (secondary N) is 1. The fourth-order valence-corrected chi connectivity index (χ4v) is 1.88. The number of ether oxygens (including phenoxy) is 1. The molecule has 0 aliphatic carbocycles. The highest BCUT2D eigenvalue weighted by molar-refractivity contribution is 9.10. The summed E-state index contributed by atoms with van der Waals surface area (Å²) in [6.45, 7) is -0.288. The van der Waals surface area contributed by atoms with Crippen LogP contribution in [0.3, 0.4) is 0 Å². The molecule has 0 heterocycles. The lowest BCUT2D eigenvalue weighted by molar-refractivity contribution is -0.123. The molecule has 0 spiro atoms. The molecule has 2 rings (SSSR count). The molecule has 2 aromatic carbocycles. The molecule has 0 fully saturated rings. The molecule has 0 radical (unpaired) electrons. The highest BCUT2D eigenvalue weighted by Crippen LogP contribution is 2.13. The second-order valence-electron chi connectivity index (χ2n) is 4.20. The zero-order valence-electron chi connectivity index (χ0n) is 11.2. The van der Waals surface area contributed by atoms with E-state index >= 15 is 0 Å². The smallest absolute Gasteiger partial charge is 0.277 e. The van der Waals surface area contributed by atoms with Crippen LogP contribution in [0.4, 0.5) is 8.78 Å². The minimum absolute atomic E-state index is 0.231. The van der Waals surface area contributed by atoms with Crippen LogP contribution in [0.25, 0.3) is 0 Å². The largest absolute Gasteiger partial charge is 0.484 e. The van der Waals surface area contributed by atoms with Gasteiger partial charge >= 0.3 is 0 Å². The van der Waals surface area contributed by atoms with E-state index in [2.05, 4.69) is 26.5 Å². The average molecular weight is 369 g/mol. The maximum Gasteiger partial charge on any atom is 0.277 e. The summed E-state index contributed by atoms with van der Waals surface area (Å²) >= 11 is 3.21. The summed E-state index contributed by atoms with van der Waals surface area (Å²) in [6.07, 6.45) is 1.19. The van der Waals surface area contributed by atoms with Crippen molar-refractivity contribution >= 4 is 28.1 Å². The van der Waals surface area contributed by atoms with Crippen LogP contribution in [0.15, 0.2) is 52.0 Å². The van der Waals surface area contributed by atoms with Crippen molar-refractivity contribution in [1.82, 2.24) is 5.43 Å². The van der Waals surface area contributed by atoms with E-state index in [1.165, 1.54) is 42.6 Å². The van der Waals surface area contributed by atoms with Crippen LogP contribution in [0.5, 0.6) is 5.75 Å². The van der Waals surface area contributed by atoms with E-state index in [4.69, 9.17) is 4.74 Å². The summed E-state index contributed by atoms with van der Waals surface area (Å²) in [5, 5.41) is 3.64. The van der Waals surface area contributed by atoms with Gasteiger partial charge in [0.1, 0.15) is 17.4 Å². The van der Waals surface area contributed by atoms with Gasteiger partial charge in [-0.2, -0.15) is 5.10 Å². The molecule has 114 valence electrons. The van der Waals surface area contributed by atoms with Gasteiger partial charge in [-0.3, -0.25) is 4.79 Å². The van der Waals surface area contributed by atoms with Crippen molar-refractivity contribution in [3.63, 3.8) is 0 Å². The molecule has 0 bridgehead atoms. The Bertz CT molecular complexity index is 690. The van der Waals surface area contributed by atoms with Crippen molar-refractivity contribution in [2.24, 2.45) is 5.10 Å². The average Bonchev–Trinajstić information content (AvgIpc) is 2.50. The lowest BCUT2D eigenvalue weighted by atomic mass is 10.2. The van der Waals surface area contributed by atoms with E-state index in [-0.39, 0.29) is 12.2 Å². The number of carbonyl (C=O) groups is 1. The first-order valence-electron chi connectivity index (χ1n) is 6.20. The maximum atomic E-state index is 13.4. The van der Waals surface area contributed by atoms with Crippen molar-refractivity contribution in [2.45, 2.75) is 0 Å². The van der Waals surface area contributed by atoms with Crippen LogP contribution >= 0.6 is 15.9 Å². The number of amides is 1. The molecule has 22 heavy (non-hydrogen) atoms. The van der Waals surface area contributed by atoms with E-state index in [0.29, 0.717) is 10.2 Å². The zero-order valence-corrected chi connectivity index (χ0v) is 12.8. The van der Waals surface area contributed by atoms with Crippen LogP contribution in [0, 0.1) is 11.6 Å². The molecule has 0 saturated carbocycles. The predicted octanol–water partition coefficient (Wildman–Crippen LogP) is 3.26. The lowest BCUT2D eigenvalue weighted by Gasteiger charge is -2.04. The van der Waals surface area contributed by atoms with Crippen molar-refractivity contribution in [1.29, 1.82) is 0 Å². The van der Waals surface area contributed by atoms with Gasteiger partial charge in [-0.25, -0.2) is 14.2 Å². The van der Waals surface area contributed by atoms with Gasteiger partial charge in [0.2, 0.25) is 0 Å². The van der Waals surface area contributed by atoms with E-state index < -0.39 is 17.5 Å². The van der Waals surface area contributed by atoms with Gasteiger partial charge < -0.3 is 4.74 Å². The molecule has 1 N–H and O–H groups in total. The minimum atomic E-state index is -0.518. The summed E-state index contributed by atoms with van der Waals surface area (Å²) in [4.78, 5) is 11.5. The van der Waals surface area contributed by atoms with Gasteiger partial charge in [-0.1, -0.05) is 15.9 Å². The second kappa shape index (κ2) is 7.65. The second-order valence-corrected chi connectivity index (χ2v) is 5.12. The van der Waals surface area contributed by atoms with Crippen LogP contribution in [0.2, 0.25) is 0 Å². The third kappa shape index (κ3) is 4.92. The molecule has 2 aromatic rings. The van der Waals surface area contributed by atoms with Crippen LogP contribution in [-0.2, 0) is 4.79 Å². The zero-order chi connectivity index (χ0) is 15.9. The Balaban J connectivity index is 1.83. The fourth-order valence-electron chi connectivity index (χ4n) is 1.50. The Morgan fingerprint density at radius 2 is 1.95 bits per heavy atom. The van der Waals surface area contributed by atoms with Gasteiger partial charge in [0.25, 0.3) is 5.91 Å². The van der Waals surface area contributed by atoms with Gasteiger partial charge in [-0.15, -0.1) is 0 Å². The molecular formula is C15H11BrF2N2O2. The Morgan fingerprint density at radius 3 is 2.68 bits per heavy atom. The number of hydrazone groups is 1. The van der Waals surface area contributed by atoms with Crippen molar-refractivity contribution in [3.8, 4) is 5.75 Å². The standard InChI is InChI=1S/C15H11BrF2N2O2/c16-11-1-6-14(18)10(7-11)8-19-20-15(21)9-22-13-4-2-12(17)3-5-13/h1-8H,9H2,(H,20,21)/b19-8+. The summed E-state index contributed by atoms with van der Waals surface area (Å²) in [5.74, 6) is -1.00. The molecule has 0 aliphatic heterocycles. The Kier molecular flexibility index (Phi) is 5.60. The Morgan fingerprint density at radius 1 is 1.23 bits per heavy atom. The molecule has 0 aliphatic rings. The summed E-state index contributed by atoms with van der Waals surface area (Å²) in [5.41, 5.74) is 2.44. The van der Waals surface area contributed by atoms with Crippen molar-refractivity contribution in [3.05, 3.63) is 64.1 Å². The number of hydrogen-bond donors (Lipinski definition) is 1. The number of rotatable bonds is 5. The normalized spacial score (nSPS) is 10.7. The molecule has 1 amide bonds. The third-order valence-corrected chi connectivity index (χ3v) is 3.03. The SMILES string of the molecule is O=C(COc1ccc(F)cc1)N/N=C/c1cc(Br)ccc1F. The first-order chi connectivity index (χ1) is 10.5. The number of halogens is 3. The third-order valence-electron chi connectivity index (χ3n) is 2.53. The molecular weight excluding hydrogens is 358 g/mol. The van der Waals surface area contributed by atoms with Crippen molar-refractivity contribution in [2.75, 3.05) is 6.61 Å². The summed E-state index contributed by atoms with van der Waals surface area (Å²) in [6, 6.07) is 9.63. The minimum Gasteiger partial charge on any atom is -0.484 e. The van der Waals surface area contributed by atoms with E-state index in [1.54, 1.807) is 6.07 Å². The number of carbonyl (C=O) groups excluding carboxylic acids is 1. The monoisotopic (exact) mass is 368 g/mol. The lowest BCUT2D eigenvalue weighted by Crippen LogP contribution is -2.24. The summed E-state index contributed by atoms with van der Waals surface area (Å²) < 4.78 is 31.9. The van der Waals surface area contributed by atoms with Crippen molar-refractivity contribution < 1.29 is 18.3 Å². The van der Waals surface area contributed by atoms with Gasteiger partial charge in [-0.05, 0) is 42.5 Å². The number of benzene rings is 2. The number of hydrogen-bond acceptors (Lipinski definition) is 3. The highest BCUT2D eigenvalue weighted by Gasteiger charge is 2.03. The van der Waals surface area contributed by atoms with Gasteiger partial charge in [0, 0.05) is 10.0 Å². The van der Waals surface area contributed by atoms with E-state index in [1.807, 2.05) is 0 Å². The molecule has 0 aromatic heterocycles. The Hall–Kier alpha value is -2.28. The first-order valence-corrected chi connectivity index (χ1v) is 6.99. The van der Waals surface area contributed by atoms with Gasteiger partial charge in [0.15, 0.2) is 6.61 Å². The quantitative estimate of drug-likeness (QED) is 0.650. The Labute approximate surface area is 133 Å². The van der Waals surface area contributed by atoms with Gasteiger partial charge in [0.05, 0.1) is 6.21 Å².